The minimum atomic E-state index is -0.690. The van der Waals surface area contributed by atoms with E-state index in [0.717, 1.165) is 12.3 Å². The number of hydrogen-bond acceptors (Lipinski definition) is 6. The Labute approximate surface area is 113 Å². The van der Waals surface area contributed by atoms with Gasteiger partial charge in [-0.2, -0.15) is 0 Å². The van der Waals surface area contributed by atoms with Crippen LogP contribution in [-0.4, -0.2) is 34.3 Å². The molecule has 1 saturated heterocycles. The molecule has 1 aliphatic rings. The Morgan fingerprint density at radius 1 is 1.60 bits per heavy atom. The minimum Gasteiger partial charge on any atom is -0.384 e. The third-order valence-electron chi connectivity index (χ3n) is 2.95. The number of nitro groups is 1. The smallest absolute Gasteiger partial charge is 0.300 e. The number of carbonyl (C=O) groups is 2. The molecule has 1 aromatic rings. The monoisotopic (exact) mass is 279 g/mol. The van der Waals surface area contributed by atoms with Crippen LogP contribution in [0.25, 0.3) is 0 Å². The van der Waals surface area contributed by atoms with Crippen LogP contribution in [0.1, 0.15) is 23.2 Å². The van der Waals surface area contributed by atoms with Crippen molar-refractivity contribution >= 4 is 23.3 Å². The lowest BCUT2D eigenvalue weighted by Crippen LogP contribution is -2.47. The third-order valence-corrected chi connectivity index (χ3v) is 2.95. The molecule has 0 saturated carbocycles. The molecule has 1 unspecified atom stereocenters. The second-order valence-electron chi connectivity index (χ2n) is 4.40. The highest BCUT2D eigenvalue weighted by Crippen LogP contribution is 2.19. The summed E-state index contributed by atoms with van der Waals surface area (Å²) in [5.74, 6) is -0.653. The fourth-order valence-corrected chi connectivity index (χ4v) is 1.91. The number of hydrogen-bond donors (Lipinski definition) is 3. The van der Waals surface area contributed by atoms with Gasteiger partial charge < -0.3 is 16.4 Å². The number of rotatable bonds is 3. The van der Waals surface area contributed by atoms with Crippen molar-refractivity contribution in [2.75, 3.05) is 12.3 Å². The Morgan fingerprint density at radius 2 is 2.35 bits per heavy atom. The molecular weight excluding hydrogens is 266 g/mol. The molecule has 1 atom stereocenters. The summed E-state index contributed by atoms with van der Waals surface area (Å²) in [5.41, 5.74) is 4.90. The zero-order valence-electron chi connectivity index (χ0n) is 10.5. The Kier molecular flexibility index (Phi) is 3.78. The highest BCUT2D eigenvalue weighted by Gasteiger charge is 2.25. The lowest BCUT2D eigenvalue weighted by molar-refractivity contribution is -0.385. The zero-order valence-corrected chi connectivity index (χ0v) is 10.5. The van der Waals surface area contributed by atoms with Gasteiger partial charge in [-0.05, 0) is 12.5 Å². The van der Waals surface area contributed by atoms with Crippen molar-refractivity contribution < 1.29 is 14.5 Å². The molecule has 2 amide bonds. The maximum absolute atomic E-state index is 12.1. The fourth-order valence-electron chi connectivity index (χ4n) is 1.91. The number of nitrogens with zero attached hydrogens (tertiary/aromatic N) is 2. The number of anilines is 1. The van der Waals surface area contributed by atoms with Crippen molar-refractivity contribution in [3.8, 4) is 0 Å². The average Bonchev–Trinajstić information content (AvgIpc) is 2.41. The predicted octanol–water partition coefficient (Wildman–Crippen LogP) is -0.420. The molecule has 1 aromatic heterocycles. The summed E-state index contributed by atoms with van der Waals surface area (Å²) >= 11 is 0. The van der Waals surface area contributed by atoms with Gasteiger partial charge >= 0.3 is 0 Å². The summed E-state index contributed by atoms with van der Waals surface area (Å²) < 4.78 is 0. The van der Waals surface area contributed by atoms with E-state index in [4.69, 9.17) is 5.73 Å². The van der Waals surface area contributed by atoms with Crippen LogP contribution in [0.4, 0.5) is 11.5 Å². The molecule has 0 aromatic carbocycles. The first kappa shape index (κ1) is 13.7. The van der Waals surface area contributed by atoms with Crippen LogP contribution in [0.15, 0.2) is 12.3 Å². The molecule has 2 rings (SSSR count). The first-order valence-corrected chi connectivity index (χ1v) is 5.95. The van der Waals surface area contributed by atoms with Gasteiger partial charge in [-0.1, -0.05) is 0 Å². The number of carbonyl (C=O) groups excluding carboxylic acids is 2. The van der Waals surface area contributed by atoms with Gasteiger partial charge in [0.1, 0.15) is 17.6 Å². The molecule has 4 N–H and O–H groups in total. The first-order valence-electron chi connectivity index (χ1n) is 5.95. The molecule has 1 fully saturated rings. The average molecular weight is 279 g/mol. The van der Waals surface area contributed by atoms with Gasteiger partial charge in [0, 0.05) is 19.0 Å². The van der Waals surface area contributed by atoms with Gasteiger partial charge in [0.05, 0.1) is 4.92 Å². The molecule has 0 spiro atoms. The molecule has 106 valence electrons. The van der Waals surface area contributed by atoms with Gasteiger partial charge in [-0.25, -0.2) is 4.98 Å². The van der Waals surface area contributed by atoms with Crippen LogP contribution in [0.2, 0.25) is 0 Å². The van der Waals surface area contributed by atoms with Crippen molar-refractivity contribution in [3.63, 3.8) is 0 Å². The molecule has 1 aliphatic heterocycles. The number of nitrogen functional groups attached to an aromatic ring is 1. The number of nitrogens with two attached hydrogens (primary N) is 1. The molecule has 2 heterocycles. The van der Waals surface area contributed by atoms with Gasteiger partial charge in [0.2, 0.25) is 5.91 Å². The first-order chi connectivity index (χ1) is 9.47. The second-order valence-corrected chi connectivity index (χ2v) is 4.40. The largest absolute Gasteiger partial charge is 0.384 e. The predicted molar refractivity (Wildman–Crippen MR) is 68.8 cm³/mol. The Balaban J connectivity index is 2.14. The Bertz CT molecular complexity index is 564. The van der Waals surface area contributed by atoms with Crippen LogP contribution in [0.5, 0.6) is 0 Å². The van der Waals surface area contributed by atoms with Crippen LogP contribution in [0.3, 0.4) is 0 Å². The maximum Gasteiger partial charge on any atom is 0.300 e. The summed E-state index contributed by atoms with van der Waals surface area (Å²) in [5, 5.41) is 16.1. The summed E-state index contributed by atoms with van der Waals surface area (Å²) in [4.78, 5) is 36.8. The van der Waals surface area contributed by atoms with E-state index in [0.29, 0.717) is 19.4 Å². The number of pyridine rings is 1. The van der Waals surface area contributed by atoms with E-state index in [9.17, 15) is 19.7 Å². The molecule has 9 heteroatoms. The molecule has 0 radical (unpaired) electrons. The van der Waals surface area contributed by atoms with Gasteiger partial charge in [-0.15, -0.1) is 0 Å². The quantitative estimate of drug-likeness (QED) is 0.507. The van der Waals surface area contributed by atoms with Crippen molar-refractivity contribution in [3.05, 3.63) is 27.9 Å². The van der Waals surface area contributed by atoms with Crippen molar-refractivity contribution in [2.24, 2.45) is 0 Å². The zero-order chi connectivity index (χ0) is 14.7. The summed E-state index contributed by atoms with van der Waals surface area (Å²) in [6.45, 7) is 0.305. The topological polar surface area (TPSA) is 140 Å². The highest BCUT2D eigenvalue weighted by molar-refractivity contribution is 5.98. The lowest BCUT2D eigenvalue weighted by atomic mass is 10.1. The summed E-state index contributed by atoms with van der Waals surface area (Å²) in [6.07, 6.45) is 1.75. The highest BCUT2D eigenvalue weighted by atomic mass is 16.6. The van der Waals surface area contributed by atoms with E-state index in [1.807, 2.05) is 0 Å². The molecule has 20 heavy (non-hydrogen) atoms. The van der Waals surface area contributed by atoms with Gasteiger partial charge in [0.25, 0.3) is 11.6 Å². The molecular formula is C11H13N5O4. The molecule has 0 bridgehead atoms. The standard InChI is InChI=1S/C11H13N5O4/c12-9-3-7(8(5-13-9)16(19)20)11(18)15-6-1-2-10(17)14-4-6/h3,5-6H,1-2,4H2,(H2,12,13)(H,14,17)(H,15,18). The summed E-state index contributed by atoms with van der Waals surface area (Å²) in [6, 6.07) is 0.906. The molecule has 9 nitrogen and oxygen atoms in total. The van der Waals surface area contributed by atoms with Crippen LogP contribution in [-0.2, 0) is 4.79 Å². The minimum absolute atomic E-state index is 0.0256. The van der Waals surface area contributed by atoms with Crippen LogP contribution < -0.4 is 16.4 Å². The molecule has 0 aliphatic carbocycles. The van der Waals surface area contributed by atoms with Gasteiger partial charge in [0.15, 0.2) is 0 Å². The van der Waals surface area contributed by atoms with Crippen molar-refractivity contribution in [2.45, 2.75) is 18.9 Å². The van der Waals surface area contributed by atoms with Crippen molar-refractivity contribution in [1.29, 1.82) is 0 Å². The maximum atomic E-state index is 12.1. The number of amides is 2. The van der Waals surface area contributed by atoms with E-state index in [1.165, 1.54) is 0 Å². The second kappa shape index (κ2) is 5.51. The number of aromatic nitrogens is 1. The van der Waals surface area contributed by atoms with Crippen LogP contribution >= 0.6 is 0 Å². The number of piperidine rings is 1. The van der Waals surface area contributed by atoms with E-state index in [2.05, 4.69) is 15.6 Å². The van der Waals surface area contributed by atoms with E-state index >= 15 is 0 Å². The fraction of sp³-hybridized carbons (Fsp3) is 0.364. The number of nitrogens with one attached hydrogen (secondary N) is 2. The Hall–Kier alpha value is -2.71. The van der Waals surface area contributed by atoms with E-state index in [-0.39, 0.29) is 23.3 Å². The Morgan fingerprint density at radius 3 is 2.95 bits per heavy atom. The normalized spacial score (nSPS) is 18.2. The van der Waals surface area contributed by atoms with Gasteiger partial charge in [-0.3, -0.25) is 19.7 Å². The lowest BCUT2D eigenvalue weighted by Gasteiger charge is -2.23. The summed E-state index contributed by atoms with van der Waals surface area (Å²) in [7, 11) is 0. The van der Waals surface area contributed by atoms with E-state index < -0.39 is 16.5 Å². The van der Waals surface area contributed by atoms with Crippen molar-refractivity contribution in [1.82, 2.24) is 15.6 Å². The SMILES string of the molecule is Nc1cc(C(=O)NC2CCC(=O)NC2)c([N+](=O)[O-])cn1. The third kappa shape index (κ3) is 2.99. The van der Waals surface area contributed by atoms with Crippen LogP contribution in [0, 0.1) is 10.1 Å². The van der Waals surface area contributed by atoms with E-state index in [1.54, 1.807) is 0 Å².